The van der Waals surface area contributed by atoms with Crippen LogP contribution in [0.25, 0.3) is 21.5 Å². The van der Waals surface area contributed by atoms with Crippen LogP contribution in [0.3, 0.4) is 0 Å². The minimum absolute atomic E-state index is 0.0979. The Hall–Kier alpha value is -3.23. The van der Waals surface area contributed by atoms with Crippen molar-refractivity contribution in [1.82, 2.24) is 15.0 Å². The van der Waals surface area contributed by atoms with Gasteiger partial charge in [-0.05, 0) is 42.7 Å². The fourth-order valence-corrected chi connectivity index (χ4v) is 5.16. The minimum Gasteiger partial charge on any atom is -0.391 e. The fourth-order valence-electron chi connectivity index (χ4n) is 4.17. The number of aliphatic hydroxyl groups excluding tert-OH is 1. The number of fused-ring (bicyclic) bond motifs is 1. The molecule has 33 heavy (non-hydrogen) atoms. The summed E-state index contributed by atoms with van der Waals surface area (Å²) in [5, 5.41) is 21.1. The molecule has 4 aromatic rings. The standard InChI is InChI=1S/C25H28N6OS/c1-26-18-9-7-17(8-10-18)21-14-27-15-24(29-21)28-13-16-6-11-20-23(12-16)33-25(31-20)30-19-4-2-3-5-22(19)32/h6-12,14-15,19,22,26,32H,2-5,13H2,1H3,(H,28,29)(H,30,31)/t19?,22-/m1/s1. The SMILES string of the molecule is CNc1ccc(-c2cncc(NCc3ccc4nc(NC5CCCC[C@H]5O)sc4c3)n2)cc1. The van der Waals surface area contributed by atoms with Crippen LogP contribution >= 0.6 is 11.3 Å². The lowest BCUT2D eigenvalue weighted by molar-refractivity contribution is 0.116. The molecule has 4 N–H and O–H groups in total. The van der Waals surface area contributed by atoms with E-state index in [1.54, 1.807) is 23.7 Å². The monoisotopic (exact) mass is 460 g/mol. The lowest BCUT2D eigenvalue weighted by Gasteiger charge is -2.27. The van der Waals surface area contributed by atoms with Gasteiger partial charge in [-0.1, -0.05) is 42.4 Å². The van der Waals surface area contributed by atoms with Crippen LogP contribution in [0.1, 0.15) is 31.2 Å². The highest BCUT2D eigenvalue weighted by Gasteiger charge is 2.23. The van der Waals surface area contributed by atoms with E-state index in [0.29, 0.717) is 6.54 Å². The number of hydrogen-bond donors (Lipinski definition) is 4. The zero-order valence-corrected chi connectivity index (χ0v) is 19.4. The summed E-state index contributed by atoms with van der Waals surface area (Å²) in [4.78, 5) is 13.8. The van der Waals surface area contributed by atoms with Crippen LogP contribution in [0.2, 0.25) is 0 Å². The number of benzene rings is 2. The molecule has 0 bridgehead atoms. The molecule has 1 aliphatic rings. The lowest BCUT2D eigenvalue weighted by Crippen LogP contribution is -2.36. The van der Waals surface area contributed by atoms with Gasteiger partial charge >= 0.3 is 0 Å². The highest BCUT2D eigenvalue weighted by atomic mass is 32.1. The van der Waals surface area contributed by atoms with Crippen molar-refractivity contribution in [1.29, 1.82) is 0 Å². The van der Waals surface area contributed by atoms with E-state index in [2.05, 4.69) is 39.1 Å². The van der Waals surface area contributed by atoms with Gasteiger partial charge in [0.25, 0.3) is 0 Å². The largest absolute Gasteiger partial charge is 0.391 e. The summed E-state index contributed by atoms with van der Waals surface area (Å²) in [6, 6.07) is 14.5. The highest BCUT2D eigenvalue weighted by Crippen LogP contribution is 2.30. The van der Waals surface area contributed by atoms with E-state index in [9.17, 15) is 5.11 Å². The Morgan fingerprint density at radius 2 is 1.88 bits per heavy atom. The molecule has 170 valence electrons. The third-order valence-electron chi connectivity index (χ3n) is 6.07. The molecule has 0 aliphatic heterocycles. The highest BCUT2D eigenvalue weighted by molar-refractivity contribution is 7.22. The number of anilines is 3. The van der Waals surface area contributed by atoms with Gasteiger partial charge in [-0.2, -0.15) is 0 Å². The minimum atomic E-state index is -0.288. The van der Waals surface area contributed by atoms with Crippen LogP contribution in [-0.2, 0) is 6.54 Å². The van der Waals surface area contributed by atoms with E-state index < -0.39 is 0 Å². The van der Waals surface area contributed by atoms with Gasteiger partial charge in [-0.25, -0.2) is 9.97 Å². The number of thiazole rings is 1. The number of aliphatic hydroxyl groups is 1. The van der Waals surface area contributed by atoms with Gasteiger partial charge in [0.05, 0.1) is 40.5 Å². The molecule has 2 aromatic carbocycles. The molecule has 2 aromatic heterocycles. The predicted molar refractivity (Wildman–Crippen MR) is 136 cm³/mol. The third kappa shape index (κ3) is 5.07. The van der Waals surface area contributed by atoms with E-state index >= 15 is 0 Å². The van der Waals surface area contributed by atoms with Crippen LogP contribution in [0, 0.1) is 0 Å². The lowest BCUT2D eigenvalue weighted by atomic mass is 9.93. The van der Waals surface area contributed by atoms with Gasteiger partial charge in [0.2, 0.25) is 0 Å². The molecule has 2 heterocycles. The average Bonchev–Trinajstić information content (AvgIpc) is 3.26. The second-order valence-electron chi connectivity index (χ2n) is 8.39. The van der Waals surface area contributed by atoms with Crippen molar-refractivity contribution in [2.45, 2.75) is 44.4 Å². The summed E-state index contributed by atoms with van der Waals surface area (Å²) in [6.07, 6.45) is 7.35. The molecule has 0 amide bonds. The fraction of sp³-hybridized carbons (Fsp3) is 0.320. The van der Waals surface area contributed by atoms with Gasteiger partial charge in [0.15, 0.2) is 5.13 Å². The topological polar surface area (TPSA) is 95.0 Å². The van der Waals surface area contributed by atoms with Crippen molar-refractivity contribution in [2.75, 3.05) is 23.0 Å². The number of aromatic nitrogens is 3. The molecule has 1 saturated carbocycles. The number of nitrogens with one attached hydrogen (secondary N) is 3. The average molecular weight is 461 g/mol. The maximum Gasteiger partial charge on any atom is 0.184 e. The van der Waals surface area contributed by atoms with Crippen molar-refractivity contribution in [2.24, 2.45) is 0 Å². The van der Waals surface area contributed by atoms with Gasteiger partial charge in [-0.3, -0.25) is 4.98 Å². The normalized spacial score (nSPS) is 18.2. The number of nitrogens with zero attached hydrogens (tertiary/aromatic N) is 3. The van der Waals surface area contributed by atoms with Gasteiger partial charge in [0.1, 0.15) is 5.82 Å². The Bertz CT molecular complexity index is 1230. The van der Waals surface area contributed by atoms with Crippen molar-refractivity contribution >= 4 is 38.2 Å². The first-order valence-electron chi connectivity index (χ1n) is 11.4. The van der Waals surface area contributed by atoms with Crippen LogP contribution in [0.5, 0.6) is 0 Å². The van der Waals surface area contributed by atoms with E-state index in [-0.39, 0.29) is 12.1 Å². The maximum atomic E-state index is 10.2. The number of rotatable bonds is 7. The second-order valence-corrected chi connectivity index (χ2v) is 9.42. The Morgan fingerprint density at radius 1 is 1.03 bits per heavy atom. The van der Waals surface area contributed by atoms with Crippen molar-refractivity contribution in [3.63, 3.8) is 0 Å². The Morgan fingerprint density at radius 3 is 2.70 bits per heavy atom. The summed E-state index contributed by atoms with van der Waals surface area (Å²) in [7, 11) is 1.90. The summed E-state index contributed by atoms with van der Waals surface area (Å²) < 4.78 is 1.13. The molecule has 0 spiro atoms. The summed E-state index contributed by atoms with van der Waals surface area (Å²) in [5.74, 6) is 0.739. The first kappa shape index (κ1) is 21.6. The zero-order chi connectivity index (χ0) is 22.6. The smallest absolute Gasteiger partial charge is 0.184 e. The Labute approximate surface area is 197 Å². The Balaban J connectivity index is 1.25. The molecule has 7 nitrogen and oxygen atoms in total. The molecule has 8 heteroatoms. The first-order valence-corrected chi connectivity index (χ1v) is 12.2. The van der Waals surface area contributed by atoms with Gasteiger partial charge in [-0.15, -0.1) is 0 Å². The number of hydrogen-bond acceptors (Lipinski definition) is 8. The van der Waals surface area contributed by atoms with Crippen LogP contribution in [0.15, 0.2) is 54.9 Å². The summed E-state index contributed by atoms with van der Waals surface area (Å²) >= 11 is 1.64. The molecule has 2 atom stereocenters. The van der Waals surface area contributed by atoms with Gasteiger partial charge in [0, 0.05) is 24.8 Å². The molecule has 0 radical (unpaired) electrons. The van der Waals surface area contributed by atoms with E-state index in [1.165, 1.54) is 0 Å². The summed E-state index contributed by atoms with van der Waals surface area (Å²) in [5.41, 5.74) is 5.05. The molecule has 1 unspecified atom stereocenters. The molecule has 1 aliphatic carbocycles. The first-order chi connectivity index (χ1) is 16.2. The molecule has 1 fully saturated rings. The predicted octanol–water partition coefficient (Wildman–Crippen LogP) is 5.12. The third-order valence-corrected chi connectivity index (χ3v) is 7.02. The van der Waals surface area contributed by atoms with Gasteiger partial charge < -0.3 is 21.1 Å². The molecule has 5 rings (SSSR count). The molecular formula is C25H28N6OS. The summed E-state index contributed by atoms with van der Waals surface area (Å²) in [6.45, 7) is 0.648. The van der Waals surface area contributed by atoms with Crippen LogP contribution in [0.4, 0.5) is 16.6 Å². The van der Waals surface area contributed by atoms with Crippen LogP contribution < -0.4 is 16.0 Å². The maximum absolute atomic E-state index is 10.2. The second kappa shape index (κ2) is 9.72. The molecule has 0 saturated heterocycles. The van der Waals surface area contributed by atoms with E-state index in [0.717, 1.165) is 69.4 Å². The van der Waals surface area contributed by atoms with Crippen molar-refractivity contribution in [3.05, 3.63) is 60.4 Å². The van der Waals surface area contributed by atoms with Crippen LogP contribution in [-0.4, -0.2) is 39.3 Å². The molecular weight excluding hydrogens is 432 g/mol. The Kier molecular flexibility index (Phi) is 6.37. The quantitative estimate of drug-likeness (QED) is 0.304. The zero-order valence-electron chi connectivity index (χ0n) is 18.6. The van der Waals surface area contributed by atoms with Crippen molar-refractivity contribution in [3.8, 4) is 11.3 Å². The van der Waals surface area contributed by atoms with Crippen molar-refractivity contribution < 1.29 is 5.11 Å². The van der Waals surface area contributed by atoms with E-state index in [1.807, 2.05) is 31.3 Å². The van der Waals surface area contributed by atoms with E-state index in [4.69, 9.17) is 9.97 Å².